The fourth-order valence-electron chi connectivity index (χ4n) is 4.29. The van der Waals surface area contributed by atoms with Crippen LogP contribution in [0.3, 0.4) is 0 Å². The number of anilines is 1. The lowest BCUT2D eigenvalue weighted by Crippen LogP contribution is -2.56. The van der Waals surface area contributed by atoms with E-state index in [2.05, 4.69) is 24.6 Å². The molecule has 1 amide bonds. The van der Waals surface area contributed by atoms with Gasteiger partial charge in [0.05, 0.1) is 24.1 Å². The Hall–Kier alpha value is -2.41. The van der Waals surface area contributed by atoms with Gasteiger partial charge in [0.2, 0.25) is 5.91 Å². The van der Waals surface area contributed by atoms with Gasteiger partial charge in [0.15, 0.2) is 0 Å². The quantitative estimate of drug-likeness (QED) is 0.677. The van der Waals surface area contributed by atoms with E-state index in [1.807, 2.05) is 32.2 Å². The molecule has 2 aromatic rings. The van der Waals surface area contributed by atoms with E-state index < -0.39 is 17.2 Å². The zero-order valence-electron chi connectivity index (χ0n) is 19.1. The van der Waals surface area contributed by atoms with Crippen molar-refractivity contribution in [3.8, 4) is 0 Å². The highest BCUT2D eigenvalue weighted by Gasteiger charge is 2.47. The molecule has 1 saturated heterocycles. The molecule has 2 aliphatic rings. The average Bonchev–Trinajstić information content (AvgIpc) is 3.10. The molecule has 176 valence electrons. The Labute approximate surface area is 195 Å². The van der Waals surface area contributed by atoms with Gasteiger partial charge in [0.1, 0.15) is 17.2 Å². The first-order chi connectivity index (χ1) is 15.7. The van der Waals surface area contributed by atoms with E-state index in [4.69, 9.17) is 4.74 Å². The lowest BCUT2D eigenvalue weighted by molar-refractivity contribution is -0.126. The van der Waals surface area contributed by atoms with Gasteiger partial charge in [0.25, 0.3) is 0 Å². The summed E-state index contributed by atoms with van der Waals surface area (Å²) in [5, 5.41) is 10.2. The lowest BCUT2D eigenvalue weighted by Gasteiger charge is -2.35. The number of carbonyl (C=O) groups is 1. The number of hydrogen-bond acceptors (Lipinski definition) is 5. The number of benzene rings is 2. The first kappa shape index (κ1) is 23.7. The van der Waals surface area contributed by atoms with Crippen molar-refractivity contribution in [3.63, 3.8) is 0 Å². The van der Waals surface area contributed by atoms with Gasteiger partial charge in [-0.1, -0.05) is 11.6 Å². The zero-order valence-corrected chi connectivity index (χ0v) is 20.2. The molecule has 1 fully saturated rings. The lowest BCUT2D eigenvalue weighted by atomic mass is 9.91. The monoisotopic (exact) mass is 474 g/mol. The molecular formula is C24H29F2N4O2P. The zero-order chi connectivity index (χ0) is 23.8. The molecule has 2 heterocycles. The molecule has 0 saturated carbocycles. The number of rotatable bonds is 5. The van der Waals surface area contributed by atoms with Gasteiger partial charge >= 0.3 is 0 Å². The first-order valence-electron chi connectivity index (χ1n) is 10.9. The van der Waals surface area contributed by atoms with Crippen LogP contribution in [0.15, 0.2) is 41.5 Å². The Bertz CT molecular complexity index is 1100. The highest BCUT2D eigenvalue weighted by atomic mass is 31.0. The van der Waals surface area contributed by atoms with Crippen molar-refractivity contribution in [3.05, 3.63) is 59.2 Å². The normalized spacial score (nSPS) is 23.5. The van der Waals surface area contributed by atoms with Crippen LogP contribution in [-0.4, -0.2) is 61.5 Å². The summed E-state index contributed by atoms with van der Waals surface area (Å²) in [4.78, 5) is 15.7. The Kier molecular flexibility index (Phi) is 6.80. The molecule has 1 N–H and O–H groups in total. The molecule has 4 rings (SSSR count). The Morgan fingerprint density at radius 1 is 1.30 bits per heavy atom. The largest absolute Gasteiger partial charge is 0.374 e. The standard InChI is InChI=1S/C24H29F2N4O2P/c1-15-4-7-21(22(33)10-15)30-24(2,23(31)27-13-17-14-29(3)8-9-32-17)12-20(28-30)18-6-5-16(25)11-19(18)26/h4-7,10-11,17H,8-9,12-14,33H2,1-3H3,(H,27,31)/t17-,24-/m1/s1. The maximum Gasteiger partial charge on any atom is 0.248 e. The summed E-state index contributed by atoms with van der Waals surface area (Å²) >= 11 is 0. The third kappa shape index (κ3) is 4.93. The second-order valence-corrected chi connectivity index (χ2v) is 9.58. The number of aryl methyl sites for hydroxylation is 1. The molecule has 3 atom stereocenters. The number of hydrogen-bond donors (Lipinski definition) is 1. The van der Waals surface area contributed by atoms with E-state index in [9.17, 15) is 13.6 Å². The number of ether oxygens (including phenoxy) is 1. The number of carbonyl (C=O) groups excluding carboxylic acids is 1. The summed E-state index contributed by atoms with van der Waals surface area (Å²) in [5.41, 5.74) is 1.28. The smallest absolute Gasteiger partial charge is 0.248 e. The number of amides is 1. The number of likely N-dealkylation sites (N-methyl/N-ethyl adjacent to an activating group) is 1. The number of nitrogens with zero attached hydrogens (tertiary/aromatic N) is 3. The van der Waals surface area contributed by atoms with Gasteiger partial charge in [-0.25, -0.2) is 13.8 Å². The van der Waals surface area contributed by atoms with Crippen molar-refractivity contribution in [2.75, 3.05) is 38.3 Å². The fourth-order valence-corrected chi connectivity index (χ4v) is 4.77. The fraction of sp³-hybridized carbons (Fsp3) is 0.417. The maximum atomic E-state index is 14.6. The predicted octanol–water partition coefficient (Wildman–Crippen LogP) is 2.59. The van der Waals surface area contributed by atoms with Gasteiger partial charge < -0.3 is 15.0 Å². The van der Waals surface area contributed by atoms with Crippen molar-refractivity contribution in [2.45, 2.75) is 31.9 Å². The van der Waals surface area contributed by atoms with Gasteiger partial charge in [-0.2, -0.15) is 5.10 Å². The molecule has 0 aliphatic carbocycles. The third-order valence-electron chi connectivity index (χ3n) is 6.17. The van der Waals surface area contributed by atoms with Gasteiger partial charge in [-0.15, -0.1) is 9.24 Å². The number of hydrazone groups is 1. The Morgan fingerprint density at radius 3 is 2.79 bits per heavy atom. The molecule has 9 heteroatoms. The molecule has 2 aromatic carbocycles. The Morgan fingerprint density at radius 2 is 2.09 bits per heavy atom. The second-order valence-electron chi connectivity index (χ2n) is 8.96. The van der Waals surface area contributed by atoms with Gasteiger partial charge in [-0.05, 0) is 50.5 Å². The highest BCUT2D eigenvalue weighted by Crippen LogP contribution is 2.35. The van der Waals surface area contributed by atoms with E-state index in [1.165, 1.54) is 12.1 Å². The number of morpholine rings is 1. The minimum absolute atomic E-state index is 0.0993. The summed E-state index contributed by atoms with van der Waals surface area (Å²) in [7, 11) is 4.70. The summed E-state index contributed by atoms with van der Waals surface area (Å²) in [6, 6.07) is 9.23. The molecule has 0 spiro atoms. The molecule has 6 nitrogen and oxygen atoms in total. The summed E-state index contributed by atoms with van der Waals surface area (Å²) in [5.74, 6) is -1.59. The average molecular weight is 474 g/mol. The van der Waals surface area contributed by atoms with Crippen LogP contribution in [0.2, 0.25) is 0 Å². The minimum Gasteiger partial charge on any atom is -0.374 e. The molecular weight excluding hydrogens is 445 g/mol. The van der Waals surface area contributed by atoms with Crippen molar-refractivity contribution < 1.29 is 18.3 Å². The highest BCUT2D eigenvalue weighted by molar-refractivity contribution is 7.28. The van der Waals surface area contributed by atoms with Crippen molar-refractivity contribution in [1.29, 1.82) is 0 Å². The van der Waals surface area contributed by atoms with Crippen LogP contribution in [-0.2, 0) is 9.53 Å². The third-order valence-corrected chi connectivity index (χ3v) is 6.64. The Balaban J connectivity index is 1.64. The van der Waals surface area contributed by atoms with E-state index in [0.717, 1.165) is 35.7 Å². The molecule has 0 bridgehead atoms. The number of halogens is 2. The summed E-state index contributed by atoms with van der Waals surface area (Å²) < 4.78 is 33.8. The predicted molar refractivity (Wildman–Crippen MR) is 129 cm³/mol. The van der Waals surface area contributed by atoms with Crippen LogP contribution in [0.1, 0.15) is 24.5 Å². The summed E-state index contributed by atoms with van der Waals surface area (Å²) in [6.45, 7) is 6.36. The molecule has 0 aromatic heterocycles. The molecule has 1 unspecified atom stereocenters. The van der Waals surface area contributed by atoms with E-state index in [-0.39, 0.29) is 24.0 Å². The maximum absolute atomic E-state index is 14.6. The minimum atomic E-state index is -1.10. The van der Waals surface area contributed by atoms with Crippen LogP contribution in [0.25, 0.3) is 0 Å². The van der Waals surface area contributed by atoms with Crippen LogP contribution < -0.4 is 15.6 Å². The van der Waals surface area contributed by atoms with E-state index in [0.29, 0.717) is 18.9 Å². The summed E-state index contributed by atoms with van der Waals surface area (Å²) in [6.07, 6.45) is 0.0721. The van der Waals surface area contributed by atoms with E-state index in [1.54, 1.807) is 11.9 Å². The van der Waals surface area contributed by atoms with Crippen LogP contribution >= 0.6 is 9.24 Å². The topological polar surface area (TPSA) is 57.2 Å². The first-order valence-corrected chi connectivity index (χ1v) is 11.5. The molecule has 2 aliphatic heterocycles. The number of nitrogens with one attached hydrogen (secondary N) is 1. The van der Waals surface area contributed by atoms with Crippen molar-refractivity contribution >= 4 is 31.9 Å². The SMILES string of the molecule is Cc1ccc(N2N=C(c3ccc(F)cc3F)C[C@]2(C)C(=O)NC[C@@H]2CN(C)CCO2)c(P)c1. The molecule has 0 radical (unpaired) electrons. The van der Waals surface area contributed by atoms with Crippen LogP contribution in [0.4, 0.5) is 14.5 Å². The van der Waals surface area contributed by atoms with E-state index >= 15 is 0 Å². The molecule has 33 heavy (non-hydrogen) atoms. The van der Waals surface area contributed by atoms with Crippen molar-refractivity contribution in [1.82, 2.24) is 10.2 Å². The van der Waals surface area contributed by atoms with Gasteiger partial charge in [-0.3, -0.25) is 4.79 Å². The second kappa shape index (κ2) is 9.45. The van der Waals surface area contributed by atoms with Crippen molar-refractivity contribution in [2.24, 2.45) is 5.10 Å². The van der Waals surface area contributed by atoms with Crippen LogP contribution in [0.5, 0.6) is 0 Å². The van der Waals surface area contributed by atoms with Gasteiger partial charge in [0, 0.05) is 37.7 Å². The van der Waals surface area contributed by atoms with Crippen LogP contribution in [0, 0.1) is 18.6 Å².